The number of primary amides is 1. The first kappa shape index (κ1) is 6.23. The monoisotopic (exact) mass is 219 g/mol. The second kappa shape index (κ2) is 3.83. The molecule has 6 heteroatoms. The van der Waals surface area contributed by atoms with Gasteiger partial charge in [-0.25, -0.2) is 0 Å². The minimum absolute atomic E-state index is 0.0888. The third kappa shape index (κ3) is 1.95. The number of rotatable bonds is 2. The first-order chi connectivity index (χ1) is 8.06. The molecule has 0 saturated heterocycles. The summed E-state index contributed by atoms with van der Waals surface area (Å²) in [4.78, 5) is 10.7. The number of hydrogen-bond donors (Lipinski definition) is 1. The standard InChI is InChI=1S/C8H11N2O3S/c1-2-7-3-5-10(6-4-7)14(12,13)8(9)11/h2-5H,6H2,1H3,(H2,9,11)/i1D3,2D. The molecule has 0 saturated carbocycles. The summed E-state index contributed by atoms with van der Waals surface area (Å²) in [7, 11) is -4.25. The Bertz CT molecular complexity index is 509. The van der Waals surface area contributed by atoms with Crippen molar-refractivity contribution in [2.45, 2.75) is 6.85 Å². The number of allylic oxidation sites excluding steroid dienone is 2. The molecule has 5 nitrogen and oxygen atoms in total. The highest BCUT2D eigenvalue weighted by atomic mass is 32.2. The van der Waals surface area contributed by atoms with Crippen LogP contribution in [-0.4, -0.2) is 24.5 Å². The molecule has 0 bridgehead atoms. The Balaban J connectivity index is 2.87. The van der Waals surface area contributed by atoms with E-state index in [-0.39, 0.29) is 12.1 Å². The Morgan fingerprint density at radius 1 is 1.86 bits per heavy atom. The Morgan fingerprint density at radius 2 is 2.57 bits per heavy atom. The Morgan fingerprint density at radius 3 is 3.00 bits per heavy atom. The largest absolute Gasteiger partial charge is 0.355 e. The van der Waals surface area contributed by atoms with Crippen molar-refractivity contribution in [1.82, 2.24) is 4.31 Å². The lowest BCUT2D eigenvalue weighted by molar-refractivity contribution is 0.264. The smallest absolute Gasteiger partial charge is 0.354 e. The fraction of sp³-hybridized carbons (Fsp3) is 0.250. The lowest BCUT2D eigenvalue weighted by Gasteiger charge is -2.19. The van der Waals surface area contributed by atoms with Gasteiger partial charge in [-0.2, -0.15) is 8.42 Å². The van der Waals surface area contributed by atoms with Gasteiger partial charge in [0.2, 0.25) is 0 Å². The Labute approximate surface area is 88.6 Å². The second-order valence-electron chi connectivity index (χ2n) is 2.49. The molecule has 0 aromatic rings. The molecule has 0 aliphatic carbocycles. The minimum atomic E-state index is -4.25. The summed E-state index contributed by atoms with van der Waals surface area (Å²) >= 11 is 0. The van der Waals surface area contributed by atoms with E-state index in [4.69, 9.17) is 11.2 Å². The van der Waals surface area contributed by atoms with Crippen LogP contribution in [0.3, 0.4) is 0 Å². The van der Waals surface area contributed by atoms with Gasteiger partial charge in [0, 0.05) is 11.7 Å². The molecule has 1 radical (unpaired) electrons. The maximum atomic E-state index is 11.4. The summed E-state index contributed by atoms with van der Waals surface area (Å²) in [6.07, 6.45) is 2.79. The number of carbonyl (C=O) groups excluding carboxylic acids is 1. The molecular weight excluding hydrogens is 204 g/mol. The van der Waals surface area contributed by atoms with E-state index in [9.17, 15) is 13.2 Å². The molecule has 1 amide bonds. The van der Waals surface area contributed by atoms with E-state index in [1.165, 1.54) is 6.08 Å². The van der Waals surface area contributed by atoms with Crippen LogP contribution in [0.4, 0.5) is 4.79 Å². The maximum Gasteiger partial charge on any atom is 0.354 e. The molecule has 0 aromatic heterocycles. The predicted octanol–water partition coefficient (Wildman–Crippen LogP) is 0.375. The summed E-state index contributed by atoms with van der Waals surface area (Å²) in [5, 5.41) is -1.49. The van der Waals surface area contributed by atoms with E-state index in [1.54, 1.807) is 0 Å². The van der Waals surface area contributed by atoms with E-state index < -0.39 is 28.5 Å². The fourth-order valence-electron chi connectivity index (χ4n) is 0.867. The molecule has 0 atom stereocenters. The summed E-state index contributed by atoms with van der Waals surface area (Å²) in [5.74, 6) is 0. The molecule has 0 aromatic carbocycles. The molecule has 14 heavy (non-hydrogen) atoms. The highest BCUT2D eigenvalue weighted by Crippen LogP contribution is 2.12. The van der Waals surface area contributed by atoms with E-state index in [2.05, 4.69) is 0 Å². The molecule has 1 rings (SSSR count). The van der Waals surface area contributed by atoms with Crippen LogP contribution in [0.1, 0.15) is 12.3 Å². The quantitative estimate of drug-likeness (QED) is 0.728. The molecule has 1 heterocycles. The molecule has 0 unspecified atom stereocenters. The van der Waals surface area contributed by atoms with Crippen LogP contribution in [-0.2, 0) is 10.0 Å². The molecular formula is C8H11N2O3S. The molecule has 77 valence electrons. The lowest BCUT2D eigenvalue weighted by Crippen LogP contribution is -2.36. The van der Waals surface area contributed by atoms with Crippen LogP contribution in [0.15, 0.2) is 23.9 Å². The van der Waals surface area contributed by atoms with Gasteiger partial charge in [0.25, 0.3) is 0 Å². The Hall–Kier alpha value is -1.30. The van der Waals surface area contributed by atoms with Crippen LogP contribution in [0, 0.1) is 6.40 Å². The SMILES string of the molecule is [2H][C](C1=CCN(S(=O)(=O)C(N)=O)C=C1)C([2H])([2H])[2H]. The number of carbonyl (C=O) groups is 1. The van der Waals surface area contributed by atoms with Crippen molar-refractivity contribution in [3.63, 3.8) is 0 Å². The normalized spacial score (nSPS) is 22.1. The summed E-state index contributed by atoms with van der Waals surface area (Å²) < 4.78 is 51.9. The number of nitrogens with two attached hydrogens (primary N) is 1. The average molecular weight is 219 g/mol. The van der Waals surface area contributed by atoms with Crippen molar-refractivity contribution in [2.75, 3.05) is 6.54 Å². The van der Waals surface area contributed by atoms with Gasteiger partial charge < -0.3 is 5.73 Å². The molecule has 0 fully saturated rings. The van der Waals surface area contributed by atoms with Crippen LogP contribution >= 0.6 is 0 Å². The predicted molar refractivity (Wildman–Crippen MR) is 52.4 cm³/mol. The van der Waals surface area contributed by atoms with Gasteiger partial charge in [0.05, 0.1) is 6.54 Å². The average Bonchev–Trinajstić information content (AvgIpc) is 2.26. The van der Waals surface area contributed by atoms with Crippen molar-refractivity contribution in [2.24, 2.45) is 5.73 Å². The van der Waals surface area contributed by atoms with E-state index in [1.807, 2.05) is 0 Å². The van der Waals surface area contributed by atoms with Gasteiger partial charge in [-0.1, -0.05) is 12.9 Å². The summed E-state index contributed by atoms with van der Waals surface area (Å²) in [6, 6.07) is 0. The zero-order chi connectivity index (χ0) is 14.1. The molecule has 0 spiro atoms. The van der Waals surface area contributed by atoms with Crippen LogP contribution in [0.5, 0.6) is 0 Å². The fourth-order valence-corrected chi connectivity index (χ4v) is 1.59. The van der Waals surface area contributed by atoms with Crippen molar-refractivity contribution in [3.8, 4) is 0 Å². The van der Waals surface area contributed by atoms with Crippen LogP contribution in [0.2, 0.25) is 0 Å². The maximum absolute atomic E-state index is 11.4. The molecule has 1 aliphatic heterocycles. The lowest BCUT2D eigenvalue weighted by atomic mass is 10.1. The van der Waals surface area contributed by atoms with Crippen molar-refractivity contribution < 1.29 is 18.7 Å². The van der Waals surface area contributed by atoms with E-state index in [0.29, 0.717) is 4.31 Å². The zero-order valence-corrected chi connectivity index (χ0v) is 7.91. The number of nitrogens with zero attached hydrogens (tertiary/aromatic N) is 1. The number of hydrogen-bond acceptors (Lipinski definition) is 3. The summed E-state index contributed by atoms with van der Waals surface area (Å²) in [6.45, 7) is -2.81. The zero-order valence-electron chi connectivity index (χ0n) is 11.1. The third-order valence-electron chi connectivity index (χ3n) is 1.62. The van der Waals surface area contributed by atoms with Crippen molar-refractivity contribution in [1.29, 1.82) is 0 Å². The third-order valence-corrected chi connectivity index (χ3v) is 3.02. The highest BCUT2D eigenvalue weighted by molar-refractivity contribution is 8.04. The highest BCUT2D eigenvalue weighted by Gasteiger charge is 2.25. The topological polar surface area (TPSA) is 80.5 Å². The van der Waals surface area contributed by atoms with E-state index in [0.717, 1.165) is 12.3 Å². The van der Waals surface area contributed by atoms with Gasteiger partial charge in [-0.15, -0.1) is 0 Å². The van der Waals surface area contributed by atoms with Crippen molar-refractivity contribution in [3.05, 3.63) is 30.3 Å². The molecule has 1 aliphatic rings. The minimum Gasteiger partial charge on any atom is -0.355 e. The van der Waals surface area contributed by atoms with Crippen LogP contribution < -0.4 is 5.73 Å². The van der Waals surface area contributed by atoms with E-state index >= 15 is 0 Å². The van der Waals surface area contributed by atoms with Gasteiger partial charge in [-0.3, -0.25) is 9.10 Å². The van der Waals surface area contributed by atoms with Gasteiger partial charge in [0.1, 0.15) is 0 Å². The Kier molecular flexibility index (Phi) is 1.71. The summed E-state index contributed by atoms with van der Waals surface area (Å²) in [5.41, 5.74) is 4.80. The van der Waals surface area contributed by atoms with Gasteiger partial charge in [-0.05, 0) is 18.0 Å². The van der Waals surface area contributed by atoms with Crippen LogP contribution in [0.25, 0.3) is 0 Å². The van der Waals surface area contributed by atoms with Crippen molar-refractivity contribution >= 4 is 15.3 Å². The number of sulfonamides is 1. The van der Waals surface area contributed by atoms with Gasteiger partial charge in [0.15, 0.2) is 0 Å². The molecule has 2 N–H and O–H groups in total. The number of amides is 1. The second-order valence-corrected chi connectivity index (χ2v) is 4.32. The van der Waals surface area contributed by atoms with Gasteiger partial charge >= 0.3 is 15.3 Å². The first-order valence-corrected chi connectivity index (χ1v) is 5.05. The first-order valence-electron chi connectivity index (χ1n) is 5.61.